The Morgan fingerprint density at radius 3 is 3.00 bits per heavy atom. The third kappa shape index (κ3) is 4.57. The van der Waals surface area contributed by atoms with E-state index in [1.54, 1.807) is 0 Å². The van der Waals surface area contributed by atoms with Gasteiger partial charge in [0.1, 0.15) is 0 Å². The van der Waals surface area contributed by atoms with E-state index in [-0.39, 0.29) is 17.9 Å². The van der Waals surface area contributed by atoms with Gasteiger partial charge in [0.25, 0.3) is 0 Å². The molecular formula is C10H18N2O2S. The zero-order valence-corrected chi connectivity index (χ0v) is 9.81. The van der Waals surface area contributed by atoms with Crippen LogP contribution in [0.3, 0.4) is 0 Å². The SMILES string of the molecule is CC(CC(N)=S)NC(=O)C1CCCOC1. The average molecular weight is 230 g/mol. The molecular weight excluding hydrogens is 212 g/mol. The van der Waals surface area contributed by atoms with Crippen molar-refractivity contribution in [3.63, 3.8) is 0 Å². The van der Waals surface area contributed by atoms with Crippen molar-refractivity contribution in [3.05, 3.63) is 0 Å². The molecule has 1 aliphatic heterocycles. The molecule has 0 saturated carbocycles. The van der Waals surface area contributed by atoms with Crippen molar-refractivity contribution in [3.8, 4) is 0 Å². The number of amides is 1. The highest BCUT2D eigenvalue weighted by atomic mass is 32.1. The minimum absolute atomic E-state index is 0.00690. The molecule has 1 fully saturated rings. The van der Waals surface area contributed by atoms with E-state index in [9.17, 15) is 4.79 Å². The summed E-state index contributed by atoms with van der Waals surface area (Å²) < 4.78 is 5.25. The molecule has 1 aliphatic rings. The summed E-state index contributed by atoms with van der Waals surface area (Å²) in [6.07, 6.45) is 2.42. The zero-order chi connectivity index (χ0) is 11.3. The van der Waals surface area contributed by atoms with E-state index in [1.807, 2.05) is 6.92 Å². The number of hydrogen-bond donors (Lipinski definition) is 2. The molecule has 86 valence electrons. The van der Waals surface area contributed by atoms with E-state index in [0.717, 1.165) is 19.4 Å². The fourth-order valence-electron chi connectivity index (χ4n) is 1.66. The maximum absolute atomic E-state index is 11.7. The molecule has 5 heteroatoms. The maximum atomic E-state index is 11.7. The number of ether oxygens (including phenoxy) is 1. The molecule has 2 atom stereocenters. The quantitative estimate of drug-likeness (QED) is 0.694. The molecule has 2 unspecified atom stereocenters. The van der Waals surface area contributed by atoms with Gasteiger partial charge in [0.2, 0.25) is 5.91 Å². The van der Waals surface area contributed by atoms with Crippen molar-refractivity contribution in [2.45, 2.75) is 32.2 Å². The van der Waals surface area contributed by atoms with Gasteiger partial charge in [-0.25, -0.2) is 0 Å². The number of hydrogen-bond acceptors (Lipinski definition) is 3. The van der Waals surface area contributed by atoms with Gasteiger partial charge in [-0.2, -0.15) is 0 Å². The van der Waals surface area contributed by atoms with Crippen LogP contribution in [0.4, 0.5) is 0 Å². The van der Waals surface area contributed by atoms with Crippen LogP contribution in [0.15, 0.2) is 0 Å². The first-order valence-electron chi connectivity index (χ1n) is 5.26. The highest BCUT2D eigenvalue weighted by molar-refractivity contribution is 7.80. The lowest BCUT2D eigenvalue weighted by molar-refractivity contribution is -0.129. The van der Waals surface area contributed by atoms with Crippen LogP contribution in [-0.2, 0) is 9.53 Å². The molecule has 0 spiro atoms. The van der Waals surface area contributed by atoms with Gasteiger partial charge in [-0.05, 0) is 19.8 Å². The monoisotopic (exact) mass is 230 g/mol. The van der Waals surface area contributed by atoms with E-state index >= 15 is 0 Å². The van der Waals surface area contributed by atoms with Crippen LogP contribution in [0.1, 0.15) is 26.2 Å². The van der Waals surface area contributed by atoms with Crippen molar-refractivity contribution >= 4 is 23.1 Å². The number of nitrogens with one attached hydrogen (secondary N) is 1. The zero-order valence-electron chi connectivity index (χ0n) is 8.99. The third-order valence-electron chi connectivity index (χ3n) is 2.43. The lowest BCUT2D eigenvalue weighted by Gasteiger charge is -2.23. The number of nitrogens with two attached hydrogens (primary N) is 1. The summed E-state index contributed by atoms with van der Waals surface area (Å²) in [7, 11) is 0. The summed E-state index contributed by atoms with van der Waals surface area (Å²) in [4.78, 5) is 12.1. The number of rotatable bonds is 4. The summed E-state index contributed by atoms with van der Waals surface area (Å²) in [5.74, 6) is 0.0472. The maximum Gasteiger partial charge on any atom is 0.225 e. The fourth-order valence-corrected chi connectivity index (χ4v) is 1.91. The Morgan fingerprint density at radius 1 is 1.73 bits per heavy atom. The summed E-state index contributed by atoms with van der Waals surface area (Å²) in [5.41, 5.74) is 5.40. The van der Waals surface area contributed by atoms with Crippen LogP contribution < -0.4 is 11.1 Å². The second kappa shape index (κ2) is 6.02. The molecule has 4 nitrogen and oxygen atoms in total. The average Bonchev–Trinajstić information content (AvgIpc) is 2.17. The first-order valence-corrected chi connectivity index (χ1v) is 5.67. The van der Waals surface area contributed by atoms with Gasteiger partial charge >= 0.3 is 0 Å². The molecule has 1 amide bonds. The molecule has 15 heavy (non-hydrogen) atoms. The summed E-state index contributed by atoms with van der Waals surface area (Å²) in [5, 5.41) is 2.89. The van der Waals surface area contributed by atoms with Crippen molar-refractivity contribution < 1.29 is 9.53 Å². The molecule has 0 aromatic carbocycles. The van der Waals surface area contributed by atoms with Gasteiger partial charge in [-0.15, -0.1) is 0 Å². The standard InChI is InChI=1S/C10H18N2O2S/c1-7(5-9(11)15)12-10(13)8-3-2-4-14-6-8/h7-8H,2-6H2,1H3,(H2,11,15)(H,12,13). The molecule has 1 saturated heterocycles. The fraction of sp³-hybridized carbons (Fsp3) is 0.800. The summed E-state index contributed by atoms with van der Waals surface area (Å²) >= 11 is 4.78. The Labute approximate surface area is 95.5 Å². The van der Waals surface area contributed by atoms with Crippen molar-refractivity contribution in [2.24, 2.45) is 11.7 Å². The Hall–Kier alpha value is -0.680. The minimum Gasteiger partial charge on any atom is -0.393 e. The van der Waals surface area contributed by atoms with Crippen molar-refractivity contribution in [1.82, 2.24) is 5.32 Å². The Kier molecular flexibility index (Phi) is 4.98. The Morgan fingerprint density at radius 2 is 2.47 bits per heavy atom. The predicted molar refractivity (Wildman–Crippen MR) is 62.6 cm³/mol. The molecule has 0 radical (unpaired) electrons. The lowest BCUT2D eigenvalue weighted by Crippen LogP contribution is -2.41. The first-order chi connectivity index (χ1) is 7.09. The summed E-state index contributed by atoms with van der Waals surface area (Å²) in [6.45, 7) is 3.21. The highest BCUT2D eigenvalue weighted by Gasteiger charge is 2.22. The second-order valence-corrected chi connectivity index (χ2v) is 4.52. The van der Waals surface area contributed by atoms with Crippen molar-refractivity contribution in [1.29, 1.82) is 0 Å². The molecule has 0 aliphatic carbocycles. The van der Waals surface area contributed by atoms with Gasteiger partial charge < -0.3 is 15.8 Å². The predicted octanol–water partition coefficient (Wildman–Crippen LogP) is 0.594. The molecule has 1 rings (SSSR count). The molecule has 0 aromatic rings. The van der Waals surface area contributed by atoms with E-state index in [0.29, 0.717) is 18.0 Å². The number of thiocarbonyl (C=S) groups is 1. The van der Waals surface area contributed by atoms with E-state index < -0.39 is 0 Å². The van der Waals surface area contributed by atoms with Gasteiger partial charge in [-0.3, -0.25) is 4.79 Å². The van der Waals surface area contributed by atoms with Crippen LogP contribution in [0, 0.1) is 5.92 Å². The van der Waals surface area contributed by atoms with Gasteiger partial charge in [0.15, 0.2) is 0 Å². The topological polar surface area (TPSA) is 64.3 Å². The van der Waals surface area contributed by atoms with Crippen molar-refractivity contribution in [2.75, 3.05) is 13.2 Å². The van der Waals surface area contributed by atoms with E-state index in [4.69, 9.17) is 22.7 Å². The van der Waals surface area contributed by atoms with E-state index in [1.165, 1.54) is 0 Å². The third-order valence-corrected chi connectivity index (χ3v) is 2.59. The Balaban J connectivity index is 2.30. The molecule has 1 heterocycles. The minimum atomic E-state index is -0.00690. The number of carbonyl (C=O) groups excluding carboxylic acids is 1. The smallest absolute Gasteiger partial charge is 0.225 e. The van der Waals surface area contributed by atoms with Crippen LogP contribution in [-0.4, -0.2) is 30.2 Å². The second-order valence-electron chi connectivity index (χ2n) is 3.99. The molecule has 0 aromatic heterocycles. The van der Waals surface area contributed by atoms with E-state index in [2.05, 4.69) is 5.32 Å². The Bertz CT molecular complexity index is 240. The lowest BCUT2D eigenvalue weighted by atomic mass is 10.0. The van der Waals surface area contributed by atoms with Crippen LogP contribution in [0.25, 0.3) is 0 Å². The van der Waals surface area contributed by atoms with Gasteiger partial charge in [-0.1, -0.05) is 12.2 Å². The van der Waals surface area contributed by atoms with Gasteiger partial charge in [0.05, 0.1) is 17.5 Å². The van der Waals surface area contributed by atoms with Crippen LogP contribution >= 0.6 is 12.2 Å². The van der Waals surface area contributed by atoms with Crippen LogP contribution in [0.5, 0.6) is 0 Å². The molecule has 3 N–H and O–H groups in total. The molecule has 0 bridgehead atoms. The normalized spacial score (nSPS) is 23.1. The first kappa shape index (κ1) is 12.4. The van der Waals surface area contributed by atoms with Crippen LogP contribution in [0.2, 0.25) is 0 Å². The summed E-state index contributed by atoms with van der Waals surface area (Å²) in [6, 6.07) is 0.0110. The largest absolute Gasteiger partial charge is 0.393 e. The van der Waals surface area contributed by atoms with Gasteiger partial charge in [0, 0.05) is 19.1 Å². The number of carbonyl (C=O) groups is 1. The highest BCUT2D eigenvalue weighted by Crippen LogP contribution is 2.13.